The third kappa shape index (κ3) is 3.93. The lowest BCUT2D eigenvalue weighted by atomic mass is 9.87. The molecule has 1 aromatic carbocycles. The zero-order valence-electron chi connectivity index (χ0n) is 17.5. The van der Waals surface area contributed by atoms with Crippen molar-refractivity contribution >= 4 is 25.5 Å². The Balaban J connectivity index is 2.04. The molecule has 0 bridgehead atoms. The molecule has 6 heteroatoms. The normalized spacial score (nSPS) is 15.7. The van der Waals surface area contributed by atoms with Crippen LogP contribution < -0.4 is 0 Å². The largest absolute Gasteiger partial charge is 0.481 e. The number of carboxylic acids is 1. The number of carboxylic acid groups (broad SMARTS) is 1. The van der Waals surface area contributed by atoms with E-state index in [1.165, 1.54) is 24.0 Å². The van der Waals surface area contributed by atoms with Crippen LogP contribution in [0.5, 0.6) is 0 Å². The number of hydrogen-bond acceptors (Lipinski definition) is 3. The van der Waals surface area contributed by atoms with E-state index in [4.69, 9.17) is 4.98 Å². The first kappa shape index (κ1) is 20.0. The van der Waals surface area contributed by atoms with Gasteiger partial charge in [0.1, 0.15) is 5.66 Å². The van der Waals surface area contributed by atoms with Gasteiger partial charge in [-0.25, -0.2) is 0 Å². The average molecular weight is 409 g/mol. The summed E-state index contributed by atoms with van der Waals surface area (Å²) < 4.78 is 0. The average Bonchev–Trinajstić information content (AvgIpc) is 3.17. The van der Waals surface area contributed by atoms with E-state index in [-0.39, 0.29) is 13.7 Å². The lowest BCUT2D eigenvalue weighted by Gasteiger charge is -2.27. The Morgan fingerprint density at radius 2 is 1.90 bits per heavy atom. The van der Waals surface area contributed by atoms with E-state index in [0.717, 1.165) is 46.1 Å². The number of fused-ring (bicyclic) bond motifs is 2. The first-order chi connectivity index (χ1) is 13.7. The minimum absolute atomic E-state index is 0.0893. The highest BCUT2D eigenvalue weighted by molar-refractivity contribution is 7.41. The van der Waals surface area contributed by atoms with Gasteiger partial charge >= 0.3 is 5.97 Å². The molecule has 0 spiro atoms. The number of carbonyl (C=O) groups is 1. The van der Waals surface area contributed by atoms with Crippen molar-refractivity contribution in [2.75, 3.05) is 0 Å². The number of benzene rings is 1. The van der Waals surface area contributed by atoms with Gasteiger partial charge in [0, 0.05) is 34.0 Å². The van der Waals surface area contributed by atoms with E-state index in [9.17, 15) is 9.90 Å². The Labute approximate surface area is 173 Å². The third-order valence-electron chi connectivity index (χ3n) is 5.58. The number of H-pyrrole nitrogens is 1. The molecule has 0 radical (unpaired) electrons. The monoisotopic (exact) mass is 409 g/mol. The van der Waals surface area contributed by atoms with Gasteiger partial charge in [0.25, 0.3) is 0 Å². The summed E-state index contributed by atoms with van der Waals surface area (Å²) in [5, 5.41) is 18.2. The van der Waals surface area contributed by atoms with Crippen LogP contribution in [-0.2, 0) is 17.6 Å². The minimum Gasteiger partial charge on any atom is -0.481 e. The van der Waals surface area contributed by atoms with Crippen molar-refractivity contribution in [3.05, 3.63) is 46.9 Å². The van der Waals surface area contributed by atoms with Crippen molar-refractivity contribution in [1.82, 2.24) is 15.2 Å². The molecular weight excluding hydrogens is 381 g/mol. The zero-order valence-corrected chi connectivity index (χ0v) is 18.5. The molecule has 2 atom stereocenters. The van der Waals surface area contributed by atoms with E-state index in [2.05, 4.69) is 43.1 Å². The number of pyridine rings is 1. The second-order valence-corrected chi connectivity index (χ2v) is 11.3. The number of rotatable bonds is 4. The lowest BCUT2D eigenvalue weighted by Crippen LogP contribution is -2.17. The van der Waals surface area contributed by atoms with Gasteiger partial charge in [-0.2, -0.15) is 5.10 Å². The maximum atomic E-state index is 12.4. The molecule has 2 heterocycles. The lowest BCUT2D eigenvalue weighted by molar-refractivity contribution is -0.136. The maximum Gasteiger partial charge on any atom is 0.315 e. The van der Waals surface area contributed by atoms with E-state index in [0.29, 0.717) is 0 Å². The Bertz CT molecular complexity index is 1070. The molecule has 2 aromatic heterocycles. The Kier molecular flexibility index (Phi) is 5.20. The molecule has 2 N–H and O–H groups in total. The van der Waals surface area contributed by atoms with Crippen molar-refractivity contribution in [3.8, 4) is 11.1 Å². The van der Waals surface area contributed by atoms with Crippen LogP contribution in [0.2, 0.25) is 0 Å². The predicted molar refractivity (Wildman–Crippen MR) is 119 cm³/mol. The van der Waals surface area contributed by atoms with Gasteiger partial charge in [-0.15, -0.1) is 0 Å². The Morgan fingerprint density at radius 3 is 2.48 bits per heavy atom. The third-order valence-corrected chi connectivity index (χ3v) is 7.27. The van der Waals surface area contributed by atoms with Gasteiger partial charge in [-0.1, -0.05) is 29.4 Å². The second-order valence-electron chi connectivity index (χ2n) is 8.98. The van der Waals surface area contributed by atoms with Gasteiger partial charge in [0.2, 0.25) is 0 Å². The van der Waals surface area contributed by atoms with E-state index < -0.39 is 11.6 Å². The molecule has 2 unspecified atom stereocenters. The van der Waals surface area contributed by atoms with Gasteiger partial charge in [-0.05, 0) is 61.0 Å². The molecule has 5 nitrogen and oxygen atoms in total. The molecule has 0 saturated heterocycles. The maximum absolute atomic E-state index is 12.4. The number of nitrogens with one attached hydrogen (secondary N) is 1. The number of aryl methyl sites for hydroxylation is 3. The number of aliphatic carboxylic acids is 1. The summed E-state index contributed by atoms with van der Waals surface area (Å²) in [6.45, 7) is 8.23. The highest BCUT2D eigenvalue weighted by Gasteiger charge is 2.32. The smallest absolute Gasteiger partial charge is 0.315 e. The Morgan fingerprint density at radius 1 is 1.21 bits per heavy atom. The fraction of sp³-hybridized carbons (Fsp3) is 0.435. The Hall–Kier alpha value is -2.26. The molecular formula is C23H28N3O2P. The quantitative estimate of drug-likeness (QED) is 0.565. The van der Waals surface area contributed by atoms with Gasteiger partial charge in [0.05, 0.1) is 11.7 Å². The highest BCUT2D eigenvalue weighted by atomic mass is 31.1. The summed E-state index contributed by atoms with van der Waals surface area (Å²) in [6.07, 6.45) is 8.24. The zero-order chi connectivity index (χ0) is 20.8. The molecule has 1 aliphatic carbocycles. The number of aromatic amines is 1. The summed E-state index contributed by atoms with van der Waals surface area (Å²) in [5.41, 5.74) is 6.64. The van der Waals surface area contributed by atoms with E-state index in [1.807, 2.05) is 13.1 Å². The summed E-state index contributed by atoms with van der Waals surface area (Å²) >= 11 is 0. The van der Waals surface area contributed by atoms with Crippen LogP contribution in [-0.4, -0.2) is 31.4 Å². The fourth-order valence-corrected chi connectivity index (χ4v) is 5.86. The van der Waals surface area contributed by atoms with Crippen molar-refractivity contribution in [2.45, 2.75) is 64.2 Å². The van der Waals surface area contributed by atoms with Crippen LogP contribution in [0.1, 0.15) is 61.7 Å². The summed E-state index contributed by atoms with van der Waals surface area (Å²) in [4.78, 5) is 17.3. The number of nitrogens with zero attached hydrogens (tertiary/aromatic N) is 2. The SMILES string of the molecule is Cc1nc2cc3c(cc2c(-c2cn[nH]c2)c1C(PC(C)(C)C)C(=O)O)CCCC3. The summed E-state index contributed by atoms with van der Waals surface area (Å²) in [5.74, 6) is -0.787. The molecule has 152 valence electrons. The molecule has 29 heavy (non-hydrogen) atoms. The van der Waals surface area contributed by atoms with Crippen molar-refractivity contribution in [1.29, 1.82) is 0 Å². The number of aromatic nitrogens is 3. The molecule has 0 saturated carbocycles. The van der Waals surface area contributed by atoms with Crippen LogP contribution in [0.4, 0.5) is 0 Å². The van der Waals surface area contributed by atoms with E-state index >= 15 is 0 Å². The van der Waals surface area contributed by atoms with Crippen molar-refractivity contribution in [3.63, 3.8) is 0 Å². The predicted octanol–water partition coefficient (Wildman–Crippen LogP) is 5.41. The van der Waals surface area contributed by atoms with Gasteiger partial charge in [-0.3, -0.25) is 14.9 Å². The highest BCUT2D eigenvalue weighted by Crippen LogP contribution is 2.49. The molecule has 1 aliphatic rings. The standard InChI is InChI=1S/C23H28N3O2P/c1-13-19(21(22(27)28)29-23(2,3)4)20(16-11-24-25-12-16)17-9-14-7-5-6-8-15(14)10-18(17)26-13/h9-12,21,29H,5-8H2,1-4H3,(H,24,25)(H,27,28). The fourth-order valence-electron chi connectivity index (χ4n) is 4.37. The van der Waals surface area contributed by atoms with Gasteiger partial charge < -0.3 is 5.11 Å². The molecule has 4 rings (SSSR count). The molecule has 0 aliphatic heterocycles. The molecule has 0 amide bonds. The summed E-state index contributed by atoms with van der Waals surface area (Å²) in [7, 11) is 0.245. The summed E-state index contributed by atoms with van der Waals surface area (Å²) in [6, 6.07) is 4.47. The van der Waals surface area contributed by atoms with Crippen LogP contribution in [0.3, 0.4) is 0 Å². The van der Waals surface area contributed by atoms with E-state index in [1.54, 1.807) is 6.20 Å². The van der Waals surface area contributed by atoms with Gasteiger partial charge in [0.15, 0.2) is 0 Å². The number of hydrogen-bond donors (Lipinski definition) is 2. The van der Waals surface area contributed by atoms with Crippen molar-refractivity contribution < 1.29 is 9.90 Å². The van der Waals surface area contributed by atoms with Crippen LogP contribution in [0, 0.1) is 6.92 Å². The van der Waals surface area contributed by atoms with Crippen LogP contribution in [0.15, 0.2) is 24.5 Å². The van der Waals surface area contributed by atoms with Crippen LogP contribution >= 0.6 is 8.58 Å². The molecule has 3 aromatic rings. The first-order valence-electron chi connectivity index (χ1n) is 10.2. The first-order valence-corrected chi connectivity index (χ1v) is 11.3. The van der Waals surface area contributed by atoms with Crippen molar-refractivity contribution in [2.24, 2.45) is 0 Å². The van der Waals surface area contributed by atoms with Crippen LogP contribution in [0.25, 0.3) is 22.0 Å². The molecule has 0 fully saturated rings. The topological polar surface area (TPSA) is 78.9 Å². The minimum atomic E-state index is -0.787. The second kappa shape index (κ2) is 7.53.